The van der Waals surface area contributed by atoms with Crippen LogP contribution in [0, 0.1) is 17.3 Å². The van der Waals surface area contributed by atoms with E-state index in [0.717, 1.165) is 0 Å². The molecule has 0 aromatic rings. The summed E-state index contributed by atoms with van der Waals surface area (Å²) < 4.78 is 2.78. The van der Waals surface area contributed by atoms with Gasteiger partial charge in [0.15, 0.2) is 0 Å². The Hall–Kier alpha value is 1.18. The fourth-order valence-electron chi connectivity index (χ4n) is 2.58. The van der Waals surface area contributed by atoms with E-state index in [9.17, 15) is 0 Å². The van der Waals surface area contributed by atoms with Crippen LogP contribution in [0.3, 0.4) is 0 Å². The van der Waals surface area contributed by atoms with Crippen LogP contribution < -0.4 is 0 Å². The Morgan fingerprint density at radius 2 is 1.83 bits per heavy atom. The normalized spacial score (nSPS) is 44.2. The molecule has 0 aliphatic heterocycles. The lowest BCUT2D eigenvalue weighted by Crippen LogP contribution is -2.21. The number of fused-ring (bicyclic) bond motifs is 2. The molecule has 1 unspecified atom stereocenters. The van der Waals surface area contributed by atoms with E-state index in [-0.39, 0.29) is 0 Å². The van der Waals surface area contributed by atoms with Crippen molar-refractivity contribution in [3.63, 3.8) is 0 Å². The summed E-state index contributed by atoms with van der Waals surface area (Å²) >= 11 is 11.1. The summed E-state index contributed by atoms with van der Waals surface area (Å²) in [5.74, 6) is 1.37. The van der Waals surface area contributed by atoms with Crippen molar-refractivity contribution in [3.05, 3.63) is 8.96 Å². The van der Waals surface area contributed by atoms with Gasteiger partial charge in [0.2, 0.25) is 0 Å². The smallest absolute Gasteiger partial charge is 0.0231 e. The Labute approximate surface area is 98.6 Å². The van der Waals surface area contributed by atoms with Crippen LogP contribution in [-0.4, -0.2) is 4.83 Å². The molecule has 0 amide bonds. The summed E-state index contributed by atoms with van der Waals surface area (Å²) in [4.78, 5) is 0.660. The first-order valence-electron chi connectivity index (χ1n) is 4.15. The zero-order valence-corrected chi connectivity index (χ0v) is 11.8. The molecule has 0 radical (unpaired) electrons. The highest BCUT2D eigenvalue weighted by Gasteiger charge is 2.55. The van der Waals surface area contributed by atoms with Gasteiger partial charge in [0.1, 0.15) is 0 Å². The van der Waals surface area contributed by atoms with Gasteiger partial charge < -0.3 is 0 Å². The lowest BCUT2D eigenvalue weighted by molar-refractivity contribution is 0.278. The van der Waals surface area contributed by atoms with Gasteiger partial charge in [-0.25, -0.2) is 0 Å². The number of rotatable bonds is 0. The van der Waals surface area contributed by atoms with Gasteiger partial charge in [0.05, 0.1) is 0 Å². The third kappa shape index (κ3) is 1.05. The molecule has 0 nitrogen and oxygen atoms in total. The molecule has 1 fully saturated rings. The van der Waals surface area contributed by atoms with E-state index in [4.69, 9.17) is 0 Å². The summed E-state index contributed by atoms with van der Waals surface area (Å²) in [6.07, 6.45) is 1.27. The van der Waals surface area contributed by atoms with Crippen LogP contribution in [0.5, 0.6) is 0 Å². The lowest BCUT2D eigenvalue weighted by Gasteiger charge is -2.25. The van der Waals surface area contributed by atoms with Gasteiger partial charge in [0.25, 0.3) is 0 Å². The van der Waals surface area contributed by atoms with E-state index in [2.05, 4.69) is 61.6 Å². The second kappa shape index (κ2) is 2.83. The first kappa shape index (κ1) is 9.72. The summed E-state index contributed by atoms with van der Waals surface area (Å²) in [6.45, 7) is 4.72. The Kier molecular flexibility index (Phi) is 2.30. The molecular formula is C9H11Br3. The molecule has 0 aromatic heterocycles. The fraction of sp³-hybridized carbons (Fsp3) is 0.778. The summed E-state index contributed by atoms with van der Waals surface area (Å²) in [5.41, 5.74) is 0.422. The average molecular weight is 359 g/mol. The summed E-state index contributed by atoms with van der Waals surface area (Å²) in [6, 6.07) is 0. The molecule has 12 heavy (non-hydrogen) atoms. The van der Waals surface area contributed by atoms with Crippen molar-refractivity contribution in [2.24, 2.45) is 17.3 Å². The predicted molar refractivity (Wildman–Crippen MR) is 63.0 cm³/mol. The van der Waals surface area contributed by atoms with Crippen molar-refractivity contribution in [3.8, 4) is 0 Å². The first-order valence-corrected chi connectivity index (χ1v) is 6.65. The predicted octanol–water partition coefficient (Wildman–Crippen LogP) is 4.43. The van der Waals surface area contributed by atoms with Crippen molar-refractivity contribution in [2.75, 3.05) is 0 Å². The molecule has 2 rings (SSSR count). The second-order valence-electron chi connectivity index (χ2n) is 4.30. The van der Waals surface area contributed by atoms with Gasteiger partial charge in [-0.3, -0.25) is 0 Å². The highest BCUT2D eigenvalue weighted by Crippen LogP contribution is 2.64. The lowest BCUT2D eigenvalue weighted by atomic mass is 9.81. The zero-order chi connectivity index (χ0) is 9.09. The Balaban J connectivity index is 2.46. The van der Waals surface area contributed by atoms with Crippen LogP contribution in [0.25, 0.3) is 0 Å². The van der Waals surface area contributed by atoms with Crippen LogP contribution in [0.1, 0.15) is 20.3 Å². The molecule has 0 spiro atoms. The average Bonchev–Trinajstić information content (AvgIpc) is 2.25. The fourth-order valence-corrected chi connectivity index (χ4v) is 6.46. The van der Waals surface area contributed by atoms with Crippen molar-refractivity contribution < 1.29 is 0 Å². The standard InChI is InChI=1S/C9H11Br3/c1-9(2)4-3-5(10)6(9)8(12)7(4)11/h4-6H,3H2,1-2H3/t4-,5-,6?/m0/s1. The van der Waals surface area contributed by atoms with Gasteiger partial charge in [-0.15, -0.1) is 0 Å². The molecule has 3 atom stereocenters. The van der Waals surface area contributed by atoms with E-state index in [0.29, 0.717) is 22.1 Å². The zero-order valence-electron chi connectivity index (χ0n) is 7.07. The van der Waals surface area contributed by atoms with Gasteiger partial charge in [-0.2, -0.15) is 0 Å². The molecule has 0 saturated heterocycles. The maximum Gasteiger partial charge on any atom is 0.0231 e. The number of halogens is 3. The van der Waals surface area contributed by atoms with Crippen molar-refractivity contribution >= 4 is 47.8 Å². The third-order valence-corrected chi connectivity index (χ3v) is 6.66. The molecule has 68 valence electrons. The third-order valence-electron chi connectivity index (χ3n) is 3.33. The van der Waals surface area contributed by atoms with E-state index >= 15 is 0 Å². The highest BCUT2D eigenvalue weighted by atomic mass is 79.9. The number of allylic oxidation sites excluding steroid dienone is 2. The van der Waals surface area contributed by atoms with Crippen molar-refractivity contribution in [1.82, 2.24) is 0 Å². The van der Waals surface area contributed by atoms with Gasteiger partial charge in [0, 0.05) is 19.7 Å². The molecule has 0 N–H and O–H groups in total. The summed E-state index contributed by atoms with van der Waals surface area (Å²) in [7, 11) is 0. The quantitative estimate of drug-likeness (QED) is 0.562. The largest absolute Gasteiger partial charge is 0.0883 e. The SMILES string of the molecule is CC1(C)C2C(Br)=C(Br)[C@@H]1C[C@@H]2Br. The topological polar surface area (TPSA) is 0 Å². The van der Waals surface area contributed by atoms with E-state index in [1.54, 1.807) is 0 Å². The second-order valence-corrected chi connectivity index (χ2v) is 7.18. The van der Waals surface area contributed by atoms with Gasteiger partial charge in [-0.05, 0) is 17.8 Å². The van der Waals surface area contributed by atoms with Crippen LogP contribution in [0.4, 0.5) is 0 Å². The van der Waals surface area contributed by atoms with E-state index < -0.39 is 0 Å². The molecule has 2 aliphatic rings. The minimum absolute atomic E-state index is 0.422. The molecule has 3 heteroatoms. The maximum absolute atomic E-state index is 3.75. The maximum atomic E-state index is 3.75. The summed E-state index contributed by atoms with van der Waals surface area (Å²) in [5, 5.41) is 0. The molecule has 2 bridgehead atoms. The Morgan fingerprint density at radius 3 is 2.17 bits per heavy atom. The molecule has 1 saturated carbocycles. The minimum atomic E-state index is 0.422. The van der Waals surface area contributed by atoms with E-state index in [1.807, 2.05) is 0 Å². The minimum Gasteiger partial charge on any atom is -0.0883 e. The molecular weight excluding hydrogens is 348 g/mol. The van der Waals surface area contributed by atoms with Crippen LogP contribution in [0.15, 0.2) is 8.96 Å². The van der Waals surface area contributed by atoms with Crippen LogP contribution >= 0.6 is 47.8 Å². The highest BCUT2D eigenvalue weighted by molar-refractivity contribution is 9.14. The number of hydrogen-bond acceptors (Lipinski definition) is 0. The Morgan fingerprint density at radius 1 is 1.25 bits per heavy atom. The Bertz CT molecular complexity index is 254. The number of alkyl halides is 1. The van der Waals surface area contributed by atoms with E-state index in [1.165, 1.54) is 15.4 Å². The van der Waals surface area contributed by atoms with Gasteiger partial charge in [-0.1, -0.05) is 61.6 Å². The van der Waals surface area contributed by atoms with Crippen molar-refractivity contribution in [2.45, 2.75) is 25.1 Å². The molecule has 2 aliphatic carbocycles. The van der Waals surface area contributed by atoms with Crippen LogP contribution in [-0.2, 0) is 0 Å². The molecule has 0 heterocycles. The monoisotopic (exact) mass is 356 g/mol. The number of hydrogen-bond donors (Lipinski definition) is 0. The van der Waals surface area contributed by atoms with Gasteiger partial charge >= 0.3 is 0 Å². The molecule has 0 aromatic carbocycles. The van der Waals surface area contributed by atoms with Crippen LogP contribution in [0.2, 0.25) is 0 Å². The first-order chi connectivity index (χ1) is 5.46. The van der Waals surface area contributed by atoms with Crippen molar-refractivity contribution in [1.29, 1.82) is 0 Å².